The largest absolute Gasteiger partial charge is 0.481 e. The molecule has 17 heavy (non-hydrogen) atoms. The highest BCUT2D eigenvalue weighted by atomic mass is 19.1. The topological polar surface area (TPSA) is 57.6 Å². The van der Waals surface area contributed by atoms with Crippen LogP contribution in [0.2, 0.25) is 0 Å². The van der Waals surface area contributed by atoms with E-state index in [-0.39, 0.29) is 17.9 Å². The second-order valence-electron chi connectivity index (χ2n) is 3.73. The molecule has 0 aliphatic carbocycles. The van der Waals surface area contributed by atoms with E-state index in [1.165, 1.54) is 23.1 Å². The minimum absolute atomic E-state index is 0.0147. The van der Waals surface area contributed by atoms with Crippen molar-refractivity contribution in [3.63, 3.8) is 0 Å². The molecule has 1 rings (SSSR count). The van der Waals surface area contributed by atoms with E-state index in [2.05, 4.69) is 0 Å². The van der Waals surface area contributed by atoms with Crippen molar-refractivity contribution in [3.8, 4) is 0 Å². The van der Waals surface area contributed by atoms with Crippen LogP contribution in [-0.4, -0.2) is 35.5 Å². The molecule has 0 radical (unpaired) electrons. The van der Waals surface area contributed by atoms with Crippen LogP contribution in [0, 0.1) is 5.82 Å². The second-order valence-corrected chi connectivity index (χ2v) is 3.73. The molecule has 0 bridgehead atoms. The van der Waals surface area contributed by atoms with Gasteiger partial charge < -0.3 is 10.0 Å². The maximum Gasteiger partial charge on any atom is 0.303 e. The summed E-state index contributed by atoms with van der Waals surface area (Å²) in [5.74, 6) is -1.67. The van der Waals surface area contributed by atoms with Gasteiger partial charge in [0.15, 0.2) is 0 Å². The van der Waals surface area contributed by atoms with Gasteiger partial charge in [0, 0.05) is 25.6 Å². The van der Waals surface area contributed by atoms with E-state index < -0.39 is 11.8 Å². The number of hydrogen-bond acceptors (Lipinski definition) is 2. The second kappa shape index (κ2) is 5.98. The van der Waals surface area contributed by atoms with Crippen LogP contribution >= 0.6 is 0 Å². The van der Waals surface area contributed by atoms with Crippen molar-refractivity contribution < 1.29 is 19.1 Å². The molecule has 92 valence electrons. The standard InChI is InChI=1S/C12H14FNO3/c1-14(7-3-6-11(15)16)12(17)9-4-2-5-10(13)8-9/h2,4-5,8H,3,6-7H2,1H3,(H,15,16). The Morgan fingerprint density at radius 1 is 1.41 bits per heavy atom. The molecule has 5 heteroatoms. The van der Waals surface area contributed by atoms with E-state index in [0.29, 0.717) is 13.0 Å². The molecule has 0 fully saturated rings. The zero-order chi connectivity index (χ0) is 12.8. The van der Waals surface area contributed by atoms with Crippen LogP contribution in [0.25, 0.3) is 0 Å². The van der Waals surface area contributed by atoms with Crippen molar-refractivity contribution in [3.05, 3.63) is 35.6 Å². The summed E-state index contributed by atoms with van der Waals surface area (Å²) in [7, 11) is 1.56. The predicted molar refractivity (Wildman–Crippen MR) is 60.2 cm³/mol. The number of halogens is 1. The number of hydrogen-bond donors (Lipinski definition) is 1. The predicted octanol–water partition coefficient (Wildman–Crippen LogP) is 1.76. The van der Waals surface area contributed by atoms with Gasteiger partial charge in [0.1, 0.15) is 5.82 Å². The summed E-state index contributed by atoms with van der Waals surface area (Å²) in [6.07, 6.45) is 0.396. The molecule has 0 spiro atoms. The lowest BCUT2D eigenvalue weighted by atomic mass is 10.2. The van der Waals surface area contributed by atoms with Crippen LogP contribution in [0.4, 0.5) is 4.39 Å². The fourth-order valence-electron chi connectivity index (χ4n) is 1.41. The fourth-order valence-corrected chi connectivity index (χ4v) is 1.41. The van der Waals surface area contributed by atoms with Gasteiger partial charge in [0.25, 0.3) is 5.91 Å². The maximum atomic E-state index is 12.9. The van der Waals surface area contributed by atoms with Crippen molar-refractivity contribution in [2.45, 2.75) is 12.8 Å². The maximum absolute atomic E-state index is 12.9. The number of aliphatic carboxylic acids is 1. The summed E-state index contributed by atoms with van der Waals surface area (Å²) < 4.78 is 12.9. The highest BCUT2D eigenvalue weighted by Gasteiger charge is 2.12. The first-order chi connectivity index (χ1) is 8.00. The molecule has 1 aromatic carbocycles. The number of nitrogens with zero attached hydrogens (tertiary/aromatic N) is 1. The summed E-state index contributed by atoms with van der Waals surface area (Å²) in [5, 5.41) is 8.47. The monoisotopic (exact) mass is 239 g/mol. The Kier molecular flexibility index (Phi) is 4.63. The SMILES string of the molecule is CN(CCCC(=O)O)C(=O)c1cccc(F)c1. The van der Waals surface area contributed by atoms with E-state index >= 15 is 0 Å². The number of amides is 1. The van der Waals surface area contributed by atoms with Crippen LogP contribution in [0.1, 0.15) is 23.2 Å². The zero-order valence-corrected chi connectivity index (χ0v) is 9.52. The highest BCUT2D eigenvalue weighted by molar-refractivity contribution is 5.94. The van der Waals surface area contributed by atoms with Gasteiger partial charge in [-0.15, -0.1) is 0 Å². The Hall–Kier alpha value is -1.91. The smallest absolute Gasteiger partial charge is 0.303 e. The summed E-state index contributed by atoms with van der Waals surface area (Å²) in [5.41, 5.74) is 0.267. The van der Waals surface area contributed by atoms with E-state index in [9.17, 15) is 14.0 Å². The summed E-state index contributed by atoms with van der Waals surface area (Å²) in [6.45, 7) is 0.335. The van der Waals surface area contributed by atoms with Gasteiger partial charge in [0.2, 0.25) is 0 Å². The lowest BCUT2D eigenvalue weighted by molar-refractivity contribution is -0.137. The highest BCUT2D eigenvalue weighted by Crippen LogP contribution is 2.07. The average molecular weight is 239 g/mol. The van der Waals surface area contributed by atoms with Crippen LogP contribution < -0.4 is 0 Å². The Bertz CT molecular complexity index is 420. The molecule has 0 atom stereocenters. The van der Waals surface area contributed by atoms with Gasteiger partial charge in [-0.2, -0.15) is 0 Å². The third kappa shape index (κ3) is 4.22. The Morgan fingerprint density at radius 3 is 2.71 bits per heavy atom. The Balaban J connectivity index is 2.54. The van der Waals surface area contributed by atoms with Crippen molar-refractivity contribution in [1.82, 2.24) is 4.90 Å². The molecule has 1 amide bonds. The number of carboxylic acid groups (broad SMARTS) is 1. The first-order valence-corrected chi connectivity index (χ1v) is 5.23. The first kappa shape index (κ1) is 13.2. The number of carbonyl (C=O) groups is 2. The van der Waals surface area contributed by atoms with Gasteiger partial charge >= 0.3 is 5.97 Å². The number of rotatable bonds is 5. The van der Waals surface area contributed by atoms with E-state index in [1.807, 2.05) is 0 Å². The van der Waals surface area contributed by atoms with Crippen LogP contribution in [0.5, 0.6) is 0 Å². The molecule has 0 saturated carbocycles. The summed E-state index contributed by atoms with van der Waals surface area (Å²) >= 11 is 0. The van der Waals surface area contributed by atoms with Crippen molar-refractivity contribution in [2.75, 3.05) is 13.6 Å². The Labute approximate surface area is 98.7 Å². The molecule has 4 nitrogen and oxygen atoms in total. The molecule has 1 aromatic rings. The van der Waals surface area contributed by atoms with E-state index in [1.54, 1.807) is 7.05 Å². The van der Waals surface area contributed by atoms with Gasteiger partial charge in [0.05, 0.1) is 0 Å². The summed E-state index contributed by atoms with van der Waals surface area (Å²) in [4.78, 5) is 23.5. The van der Waals surface area contributed by atoms with Gasteiger partial charge in [-0.1, -0.05) is 6.07 Å². The van der Waals surface area contributed by atoms with Gasteiger partial charge in [-0.25, -0.2) is 4.39 Å². The van der Waals surface area contributed by atoms with E-state index in [0.717, 1.165) is 6.07 Å². The molecule has 0 heterocycles. The van der Waals surface area contributed by atoms with Crippen molar-refractivity contribution in [1.29, 1.82) is 0 Å². The molecule has 0 saturated heterocycles. The zero-order valence-electron chi connectivity index (χ0n) is 9.52. The Morgan fingerprint density at radius 2 is 2.12 bits per heavy atom. The molecule has 1 N–H and O–H groups in total. The lowest BCUT2D eigenvalue weighted by Gasteiger charge is -2.16. The number of carboxylic acids is 1. The quantitative estimate of drug-likeness (QED) is 0.851. The van der Waals surface area contributed by atoms with Crippen LogP contribution in [0.3, 0.4) is 0 Å². The van der Waals surface area contributed by atoms with Crippen LogP contribution in [-0.2, 0) is 4.79 Å². The number of benzene rings is 1. The normalized spacial score (nSPS) is 10.0. The molecule has 0 unspecified atom stereocenters. The molecule has 0 aliphatic rings. The average Bonchev–Trinajstić information content (AvgIpc) is 2.27. The third-order valence-electron chi connectivity index (χ3n) is 2.30. The molecule has 0 aromatic heterocycles. The van der Waals surface area contributed by atoms with Crippen molar-refractivity contribution in [2.24, 2.45) is 0 Å². The van der Waals surface area contributed by atoms with Crippen molar-refractivity contribution >= 4 is 11.9 Å². The number of carbonyl (C=O) groups excluding carboxylic acids is 1. The minimum Gasteiger partial charge on any atom is -0.481 e. The minimum atomic E-state index is -0.892. The van der Waals surface area contributed by atoms with Gasteiger partial charge in [-0.05, 0) is 24.6 Å². The van der Waals surface area contributed by atoms with Gasteiger partial charge in [-0.3, -0.25) is 9.59 Å². The molecular weight excluding hydrogens is 225 g/mol. The van der Waals surface area contributed by atoms with Crippen LogP contribution in [0.15, 0.2) is 24.3 Å². The third-order valence-corrected chi connectivity index (χ3v) is 2.30. The summed E-state index contributed by atoms with van der Waals surface area (Å²) in [6, 6.07) is 5.42. The fraction of sp³-hybridized carbons (Fsp3) is 0.333. The lowest BCUT2D eigenvalue weighted by Crippen LogP contribution is -2.28. The van der Waals surface area contributed by atoms with E-state index in [4.69, 9.17) is 5.11 Å². The first-order valence-electron chi connectivity index (χ1n) is 5.23. The molecular formula is C12H14FNO3. The molecule has 0 aliphatic heterocycles.